The molecule has 5 nitrogen and oxygen atoms in total. The first-order valence-electron chi connectivity index (χ1n) is 10.4. The molecule has 154 valence electrons. The fourth-order valence-electron chi connectivity index (χ4n) is 4.56. The van der Waals surface area contributed by atoms with E-state index in [1.807, 2.05) is 0 Å². The van der Waals surface area contributed by atoms with Gasteiger partial charge in [-0.1, -0.05) is 26.2 Å². The molecule has 1 N–H and O–H groups in total. The Balaban J connectivity index is 2.02. The van der Waals surface area contributed by atoms with Crippen molar-refractivity contribution in [1.82, 2.24) is 0 Å². The van der Waals surface area contributed by atoms with Crippen molar-refractivity contribution in [3.05, 3.63) is 23.5 Å². The van der Waals surface area contributed by atoms with E-state index in [1.54, 1.807) is 4.90 Å². The minimum Gasteiger partial charge on any atom is -0.505 e. The van der Waals surface area contributed by atoms with Crippen LogP contribution in [0.25, 0.3) is 0 Å². The second-order valence-electron chi connectivity index (χ2n) is 8.27. The van der Waals surface area contributed by atoms with Crippen molar-refractivity contribution in [2.75, 3.05) is 12.0 Å². The molecule has 0 aliphatic heterocycles. The van der Waals surface area contributed by atoms with Crippen LogP contribution >= 0.6 is 0 Å². The lowest BCUT2D eigenvalue weighted by Gasteiger charge is -2.38. The van der Waals surface area contributed by atoms with Crippen LogP contribution in [-0.2, 0) is 9.53 Å². The SMILES string of the molecule is COC(=O)c1cc(O)c(F)cc1N(C(=O)C1CCC(C)CC1)C1CCCCC1. The average molecular weight is 391 g/mol. The van der Waals surface area contributed by atoms with Crippen molar-refractivity contribution >= 4 is 17.6 Å². The Morgan fingerprint density at radius 3 is 2.32 bits per heavy atom. The molecule has 0 radical (unpaired) electrons. The third-order valence-corrected chi connectivity index (χ3v) is 6.27. The summed E-state index contributed by atoms with van der Waals surface area (Å²) < 4.78 is 19.1. The maximum atomic E-state index is 14.3. The van der Waals surface area contributed by atoms with Crippen LogP contribution in [0.5, 0.6) is 5.75 Å². The number of hydrogen-bond donors (Lipinski definition) is 1. The van der Waals surface area contributed by atoms with Gasteiger partial charge in [-0.3, -0.25) is 4.79 Å². The topological polar surface area (TPSA) is 66.8 Å². The smallest absolute Gasteiger partial charge is 0.340 e. The number of amides is 1. The van der Waals surface area contributed by atoms with Crippen molar-refractivity contribution in [2.45, 2.75) is 70.8 Å². The van der Waals surface area contributed by atoms with Crippen LogP contribution in [0, 0.1) is 17.7 Å². The van der Waals surface area contributed by atoms with E-state index < -0.39 is 17.5 Å². The minimum absolute atomic E-state index is 0.0319. The molecule has 0 saturated heterocycles. The monoisotopic (exact) mass is 391 g/mol. The van der Waals surface area contributed by atoms with Crippen LogP contribution in [0.15, 0.2) is 12.1 Å². The van der Waals surface area contributed by atoms with Gasteiger partial charge in [0.1, 0.15) is 0 Å². The van der Waals surface area contributed by atoms with E-state index in [-0.39, 0.29) is 29.1 Å². The third-order valence-electron chi connectivity index (χ3n) is 6.27. The second-order valence-corrected chi connectivity index (χ2v) is 8.27. The molecule has 2 fully saturated rings. The Morgan fingerprint density at radius 2 is 1.71 bits per heavy atom. The molecule has 0 atom stereocenters. The summed E-state index contributed by atoms with van der Waals surface area (Å²) in [6.45, 7) is 2.20. The summed E-state index contributed by atoms with van der Waals surface area (Å²) >= 11 is 0. The van der Waals surface area contributed by atoms with E-state index >= 15 is 0 Å². The van der Waals surface area contributed by atoms with Crippen LogP contribution in [0.2, 0.25) is 0 Å². The molecule has 2 aliphatic carbocycles. The highest BCUT2D eigenvalue weighted by Gasteiger charge is 2.36. The van der Waals surface area contributed by atoms with E-state index in [4.69, 9.17) is 4.74 Å². The van der Waals surface area contributed by atoms with Gasteiger partial charge in [-0.25, -0.2) is 9.18 Å². The number of methoxy groups -OCH3 is 1. The predicted molar refractivity (Wildman–Crippen MR) is 105 cm³/mol. The van der Waals surface area contributed by atoms with Gasteiger partial charge in [0.25, 0.3) is 0 Å². The molecule has 1 aromatic rings. The summed E-state index contributed by atoms with van der Waals surface area (Å²) in [5.74, 6) is -1.67. The molecule has 2 saturated carbocycles. The van der Waals surface area contributed by atoms with E-state index in [9.17, 15) is 19.1 Å². The van der Waals surface area contributed by atoms with Gasteiger partial charge in [-0.05, 0) is 50.5 Å². The molecule has 0 heterocycles. The first-order chi connectivity index (χ1) is 13.4. The summed E-state index contributed by atoms with van der Waals surface area (Å²) in [6, 6.07) is 2.12. The Labute approximate surface area is 165 Å². The molecule has 3 rings (SSSR count). The number of esters is 1. The van der Waals surface area contributed by atoms with E-state index in [0.29, 0.717) is 5.92 Å². The first-order valence-corrected chi connectivity index (χ1v) is 10.4. The number of rotatable bonds is 4. The molecule has 0 spiro atoms. The summed E-state index contributed by atoms with van der Waals surface area (Å²) in [4.78, 5) is 27.5. The van der Waals surface area contributed by atoms with Gasteiger partial charge >= 0.3 is 5.97 Å². The molecule has 1 aromatic carbocycles. The molecule has 1 amide bonds. The predicted octanol–water partition coefficient (Wildman–Crippen LogP) is 4.81. The second kappa shape index (κ2) is 8.93. The highest BCUT2D eigenvalue weighted by Crippen LogP contribution is 2.37. The maximum Gasteiger partial charge on any atom is 0.340 e. The van der Waals surface area contributed by atoms with Gasteiger partial charge in [0.15, 0.2) is 11.6 Å². The summed E-state index contributed by atoms with van der Waals surface area (Å²) in [6.07, 6.45) is 8.43. The molecule has 28 heavy (non-hydrogen) atoms. The number of halogens is 1. The number of ether oxygens (including phenoxy) is 1. The number of benzene rings is 1. The lowest BCUT2D eigenvalue weighted by Crippen LogP contribution is -2.46. The largest absolute Gasteiger partial charge is 0.505 e. The first kappa shape index (κ1) is 20.6. The zero-order valence-electron chi connectivity index (χ0n) is 16.7. The van der Waals surface area contributed by atoms with Crippen LogP contribution in [0.1, 0.15) is 75.1 Å². The highest BCUT2D eigenvalue weighted by atomic mass is 19.1. The number of nitrogens with zero attached hydrogens (tertiary/aromatic N) is 1. The Kier molecular flexibility index (Phi) is 6.57. The Hall–Kier alpha value is -2.11. The van der Waals surface area contributed by atoms with E-state index in [1.165, 1.54) is 7.11 Å². The van der Waals surface area contributed by atoms with E-state index in [0.717, 1.165) is 69.9 Å². The third kappa shape index (κ3) is 4.31. The maximum absolute atomic E-state index is 14.3. The summed E-state index contributed by atoms with van der Waals surface area (Å²) in [5.41, 5.74) is 0.252. The van der Waals surface area contributed by atoms with Gasteiger partial charge in [-0.15, -0.1) is 0 Å². The molecule has 0 bridgehead atoms. The number of aromatic hydroxyl groups is 1. The summed E-state index contributed by atoms with van der Waals surface area (Å²) in [5, 5.41) is 9.79. The number of carbonyl (C=O) groups excluding carboxylic acids is 2. The fraction of sp³-hybridized carbons (Fsp3) is 0.636. The molecule has 2 aliphatic rings. The lowest BCUT2D eigenvalue weighted by atomic mass is 9.81. The zero-order valence-corrected chi connectivity index (χ0v) is 16.7. The highest BCUT2D eigenvalue weighted by molar-refractivity contribution is 6.04. The number of phenolic OH excluding ortho intramolecular Hbond substituents is 1. The van der Waals surface area contributed by atoms with Crippen LogP contribution < -0.4 is 4.90 Å². The number of phenols is 1. The Morgan fingerprint density at radius 1 is 1.07 bits per heavy atom. The van der Waals surface area contributed by atoms with E-state index in [2.05, 4.69) is 6.92 Å². The average Bonchev–Trinajstić information content (AvgIpc) is 2.71. The normalized spacial score (nSPS) is 23.2. The Bertz CT molecular complexity index is 721. The standard InChI is InChI=1S/C22H30FNO4/c1-14-8-10-15(11-9-14)21(26)24(16-6-4-3-5-7-16)19-13-18(23)20(25)12-17(19)22(27)28-2/h12-16,25H,3-11H2,1-2H3. The van der Waals surface area contributed by atoms with Gasteiger partial charge in [0.2, 0.25) is 5.91 Å². The van der Waals surface area contributed by atoms with Crippen LogP contribution in [-0.4, -0.2) is 30.1 Å². The van der Waals surface area contributed by atoms with Gasteiger partial charge in [0, 0.05) is 18.0 Å². The van der Waals surface area contributed by atoms with Gasteiger partial charge in [-0.2, -0.15) is 0 Å². The summed E-state index contributed by atoms with van der Waals surface area (Å²) in [7, 11) is 1.24. The van der Waals surface area contributed by atoms with Crippen LogP contribution in [0.4, 0.5) is 10.1 Å². The fourth-order valence-corrected chi connectivity index (χ4v) is 4.56. The van der Waals surface area contributed by atoms with Crippen molar-refractivity contribution in [3.63, 3.8) is 0 Å². The van der Waals surface area contributed by atoms with Gasteiger partial charge < -0.3 is 14.7 Å². The van der Waals surface area contributed by atoms with Crippen LogP contribution in [0.3, 0.4) is 0 Å². The number of anilines is 1. The molecule has 6 heteroatoms. The minimum atomic E-state index is -0.839. The molecule has 0 unspecified atom stereocenters. The molecule has 0 aromatic heterocycles. The molecular formula is C22H30FNO4. The van der Waals surface area contributed by atoms with Crippen molar-refractivity contribution < 1.29 is 23.8 Å². The number of carbonyl (C=O) groups is 2. The lowest BCUT2D eigenvalue weighted by molar-refractivity contribution is -0.124. The number of hydrogen-bond acceptors (Lipinski definition) is 4. The van der Waals surface area contributed by atoms with Crippen molar-refractivity contribution in [2.24, 2.45) is 11.8 Å². The van der Waals surface area contributed by atoms with Crippen molar-refractivity contribution in [3.8, 4) is 5.75 Å². The molecular weight excluding hydrogens is 361 g/mol. The zero-order chi connectivity index (χ0) is 20.3. The quantitative estimate of drug-likeness (QED) is 0.748. The van der Waals surface area contributed by atoms with Gasteiger partial charge in [0.05, 0.1) is 18.4 Å². The van der Waals surface area contributed by atoms with Crippen molar-refractivity contribution in [1.29, 1.82) is 0 Å².